The van der Waals surface area contributed by atoms with Gasteiger partial charge in [0, 0.05) is 28.3 Å². The number of pyridine rings is 1. The molecule has 1 aromatic heterocycles. The number of fused-ring (bicyclic) bond motifs is 1. The molecule has 1 N–H and O–H groups in total. The van der Waals surface area contributed by atoms with E-state index in [0.29, 0.717) is 0 Å². The zero-order valence-electron chi connectivity index (χ0n) is 12.2. The molecule has 3 aromatic rings. The Morgan fingerprint density at radius 2 is 1.76 bits per heavy atom. The molecule has 3 rings (SSSR count). The summed E-state index contributed by atoms with van der Waals surface area (Å²) in [6.07, 6.45) is 1.87. The van der Waals surface area contributed by atoms with Gasteiger partial charge in [0.1, 0.15) is 0 Å². The standard InChI is InChI=1S/C18H17BrN2/c1-12-9-15(10-13(2)18(12)19)21-11-14-7-8-20-17-6-4-3-5-16(14)17/h3-10,21H,11H2,1-2H3. The minimum Gasteiger partial charge on any atom is -0.381 e. The summed E-state index contributed by atoms with van der Waals surface area (Å²) in [4.78, 5) is 4.40. The molecule has 106 valence electrons. The van der Waals surface area contributed by atoms with Crippen molar-refractivity contribution < 1.29 is 0 Å². The van der Waals surface area contributed by atoms with Crippen molar-refractivity contribution >= 4 is 32.5 Å². The molecule has 0 aliphatic heterocycles. The Kier molecular flexibility index (Phi) is 3.93. The summed E-state index contributed by atoms with van der Waals surface area (Å²) < 4.78 is 1.18. The first-order chi connectivity index (χ1) is 10.1. The maximum Gasteiger partial charge on any atom is 0.0705 e. The van der Waals surface area contributed by atoms with Gasteiger partial charge < -0.3 is 5.32 Å². The fraction of sp³-hybridized carbons (Fsp3) is 0.167. The van der Waals surface area contributed by atoms with Crippen molar-refractivity contribution in [1.82, 2.24) is 4.98 Å². The average molecular weight is 341 g/mol. The van der Waals surface area contributed by atoms with Crippen molar-refractivity contribution in [2.45, 2.75) is 20.4 Å². The first-order valence-corrected chi connectivity index (χ1v) is 7.77. The van der Waals surface area contributed by atoms with Crippen LogP contribution in [0.2, 0.25) is 0 Å². The van der Waals surface area contributed by atoms with Gasteiger partial charge in [0.25, 0.3) is 0 Å². The highest BCUT2D eigenvalue weighted by Gasteiger charge is 2.04. The fourth-order valence-corrected chi connectivity index (χ4v) is 2.78. The van der Waals surface area contributed by atoms with E-state index in [4.69, 9.17) is 0 Å². The Bertz CT molecular complexity index is 768. The van der Waals surface area contributed by atoms with Crippen molar-refractivity contribution in [3.8, 4) is 0 Å². The molecule has 3 heteroatoms. The van der Waals surface area contributed by atoms with Crippen LogP contribution in [0.1, 0.15) is 16.7 Å². The number of hydrogen-bond acceptors (Lipinski definition) is 2. The van der Waals surface area contributed by atoms with Gasteiger partial charge in [-0.25, -0.2) is 0 Å². The molecule has 0 bridgehead atoms. The number of halogens is 1. The van der Waals surface area contributed by atoms with Crippen LogP contribution in [0.15, 0.2) is 53.1 Å². The van der Waals surface area contributed by atoms with Gasteiger partial charge in [-0.05, 0) is 54.8 Å². The van der Waals surface area contributed by atoms with Gasteiger partial charge in [-0.1, -0.05) is 34.1 Å². The third-order valence-electron chi connectivity index (χ3n) is 3.66. The van der Waals surface area contributed by atoms with E-state index in [2.05, 4.69) is 70.4 Å². The van der Waals surface area contributed by atoms with Crippen molar-refractivity contribution in [2.75, 3.05) is 5.32 Å². The van der Waals surface area contributed by atoms with E-state index < -0.39 is 0 Å². The van der Waals surface area contributed by atoms with E-state index >= 15 is 0 Å². The normalized spacial score (nSPS) is 10.8. The molecule has 0 unspecified atom stereocenters. The molecule has 0 saturated carbocycles. The summed E-state index contributed by atoms with van der Waals surface area (Å²) in [5.74, 6) is 0. The molecule has 0 radical (unpaired) electrons. The zero-order valence-corrected chi connectivity index (χ0v) is 13.7. The van der Waals surface area contributed by atoms with Crippen LogP contribution in [0.5, 0.6) is 0 Å². The molecule has 0 atom stereocenters. The highest BCUT2D eigenvalue weighted by molar-refractivity contribution is 9.10. The van der Waals surface area contributed by atoms with Crippen molar-refractivity contribution in [1.29, 1.82) is 0 Å². The van der Waals surface area contributed by atoms with Gasteiger partial charge in [-0.15, -0.1) is 0 Å². The number of hydrogen-bond donors (Lipinski definition) is 1. The third-order valence-corrected chi connectivity index (χ3v) is 4.91. The Labute approximate surface area is 133 Å². The quantitative estimate of drug-likeness (QED) is 0.706. The number of anilines is 1. The average Bonchev–Trinajstić information content (AvgIpc) is 2.50. The van der Waals surface area contributed by atoms with Crippen LogP contribution in [0.4, 0.5) is 5.69 Å². The molecule has 2 aromatic carbocycles. The fourth-order valence-electron chi connectivity index (χ4n) is 2.55. The summed E-state index contributed by atoms with van der Waals surface area (Å²) in [7, 11) is 0. The second-order valence-electron chi connectivity index (χ2n) is 5.26. The Morgan fingerprint density at radius 1 is 1.05 bits per heavy atom. The number of rotatable bonds is 3. The van der Waals surface area contributed by atoms with Crippen LogP contribution in [0.3, 0.4) is 0 Å². The van der Waals surface area contributed by atoms with Crippen LogP contribution in [-0.2, 0) is 6.54 Å². The number of nitrogens with zero attached hydrogens (tertiary/aromatic N) is 1. The Hall–Kier alpha value is -1.87. The molecule has 1 heterocycles. The van der Waals surface area contributed by atoms with Gasteiger partial charge >= 0.3 is 0 Å². The molecule has 0 aliphatic rings. The Balaban J connectivity index is 1.87. The van der Waals surface area contributed by atoms with Crippen LogP contribution in [0.25, 0.3) is 10.9 Å². The van der Waals surface area contributed by atoms with Crippen LogP contribution < -0.4 is 5.32 Å². The van der Waals surface area contributed by atoms with Crippen LogP contribution >= 0.6 is 15.9 Å². The second-order valence-corrected chi connectivity index (χ2v) is 6.06. The first kappa shape index (κ1) is 14.1. The van der Waals surface area contributed by atoms with E-state index in [0.717, 1.165) is 17.7 Å². The van der Waals surface area contributed by atoms with Crippen molar-refractivity contribution in [2.24, 2.45) is 0 Å². The molecule has 21 heavy (non-hydrogen) atoms. The second kappa shape index (κ2) is 5.86. The van der Waals surface area contributed by atoms with E-state index in [1.54, 1.807) is 0 Å². The maximum atomic E-state index is 4.40. The van der Waals surface area contributed by atoms with Gasteiger partial charge in [0.05, 0.1) is 5.52 Å². The molecule has 2 nitrogen and oxygen atoms in total. The molecular formula is C18H17BrN2. The minimum atomic E-state index is 0.795. The van der Waals surface area contributed by atoms with Gasteiger partial charge in [0.15, 0.2) is 0 Å². The molecule has 0 aliphatic carbocycles. The van der Waals surface area contributed by atoms with Crippen molar-refractivity contribution in [3.05, 3.63) is 69.8 Å². The summed E-state index contributed by atoms with van der Waals surface area (Å²) in [5.41, 5.74) is 5.95. The molecule has 0 amide bonds. The molecular weight excluding hydrogens is 324 g/mol. The lowest BCUT2D eigenvalue weighted by Gasteiger charge is -2.12. The number of aryl methyl sites for hydroxylation is 2. The van der Waals surface area contributed by atoms with E-state index in [1.165, 1.54) is 26.5 Å². The lowest BCUT2D eigenvalue weighted by molar-refractivity contribution is 1.15. The number of nitrogens with one attached hydrogen (secondary N) is 1. The summed E-state index contributed by atoms with van der Waals surface area (Å²) >= 11 is 3.61. The molecule has 0 fully saturated rings. The topological polar surface area (TPSA) is 24.9 Å². The van der Waals surface area contributed by atoms with Gasteiger partial charge in [-0.2, -0.15) is 0 Å². The highest BCUT2D eigenvalue weighted by Crippen LogP contribution is 2.25. The first-order valence-electron chi connectivity index (χ1n) is 6.98. The van der Waals surface area contributed by atoms with Gasteiger partial charge in [-0.3, -0.25) is 4.98 Å². The van der Waals surface area contributed by atoms with Gasteiger partial charge in [0.2, 0.25) is 0 Å². The maximum absolute atomic E-state index is 4.40. The summed E-state index contributed by atoms with van der Waals surface area (Å²) in [6, 6.07) is 14.7. The predicted octanol–water partition coefficient (Wildman–Crippen LogP) is 5.23. The van der Waals surface area contributed by atoms with E-state index in [1.807, 2.05) is 18.3 Å². The van der Waals surface area contributed by atoms with E-state index in [9.17, 15) is 0 Å². The zero-order chi connectivity index (χ0) is 14.8. The minimum absolute atomic E-state index is 0.795. The summed E-state index contributed by atoms with van der Waals surface area (Å²) in [5, 5.41) is 4.72. The lowest BCUT2D eigenvalue weighted by atomic mass is 10.1. The number of aromatic nitrogens is 1. The van der Waals surface area contributed by atoms with Crippen LogP contribution in [0, 0.1) is 13.8 Å². The third kappa shape index (κ3) is 2.93. The predicted molar refractivity (Wildman–Crippen MR) is 92.7 cm³/mol. The molecule has 0 saturated heterocycles. The van der Waals surface area contributed by atoms with Crippen molar-refractivity contribution in [3.63, 3.8) is 0 Å². The monoisotopic (exact) mass is 340 g/mol. The summed E-state index contributed by atoms with van der Waals surface area (Å²) in [6.45, 7) is 5.03. The number of benzene rings is 2. The highest BCUT2D eigenvalue weighted by atomic mass is 79.9. The van der Waals surface area contributed by atoms with Crippen LogP contribution in [-0.4, -0.2) is 4.98 Å². The van der Waals surface area contributed by atoms with E-state index in [-0.39, 0.29) is 0 Å². The molecule has 0 spiro atoms. The Morgan fingerprint density at radius 3 is 2.52 bits per heavy atom. The number of para-hydroxylation sites is 1. The lowest BCUT2D eigenvalue weighted by Crippen LogP contribution is -2.01. The largest absolute Gasteiger partial charge is 0.381 e. The SMILES string of the molecule is Cc1cc(NCc2ccnc3ccccc23)cc(C)c1Br. The smallest absolute Gasteiger partial charge is 0.0705 e.